The van der Waals surface area contributed by atoms with Crippen LogP contribution in [0, 0.1) is 5.92 Å². The fraction of sp³-hybridized carbons (Fsp3) is 0.259. The van der Waals surface area contributed by atoms with Crippen molar-refractivity contribution in [1.82, 2.24) is 4.90 Å². The predicted octanol–water partition coefficient (Wildman–Crippen LogP) is 2.50. The average molecular weight is 553 g/mol. The van der Waals surface area contributed by atoms with Crippen molar-refractivity contribution >= 4 is 40.8 Å². The van der Waals surface area contributed by atoms with Crippen LogP contribution in [0.4, 0.5) is 5.69 Å². The molecule has 204 valence electrons. The summed E-state index contributed by atoms with van der Waals surface area (Å²) >= 11 is 1.03. The van der Waals surface area contributed by atoms with Gasteiger partial charge in [-0.2, -0.15) is 0 Å². The Morgan fingerprint density at radius 3 is 2.44 bits per heavy atom. The number of esters is 1. The van der Waals surface area contributed by atoms with Gasteiger partial charge in [-0.1, -0.05) is 6.07 Å². The van der Waals surface area contributed by atoms with Crippen LogP contribution in [0.1, 0.15) is 43.1 Å². The van der Waals surface area contributed by atoms with Crippen molar-refractivity contribution in [2.45, 2.75) is 32.1 Å². The third kappa shape index (κ3) is 7.19. The highest BCUT2D eigenvalue weighted by Gasteiger charge is 2.30. The number of carbonyl (C=O) groups excluding carboxylic acids is 2. The molecule has 11 nitrogen and oxygen atoms in total. The van der Waals surface area contributed by atoms with E-state index in [1.807, 2.05) is 6.07 Å². The normalized spacial score (nSPS) is 14.4. The van der Waals surface area contributed by atoms with Gasteiger partial charge in [0.1, 0.15) is 23.5 Å². The molecule has 1 atom stereocenters. The highest BCUT2D eigenvalue weighted by molar-refractivity contribution is 7.12. The highest BCUT2D eigenvalue weighted by atomic mass is 32.1. The van der Waals surface area contributed by atoms with Crippen LogP contribution in [0.5, 0.6) is 5.75 Å². The zero-order valence-corrected chi connectivity index (χ0v) is 21.6. The molecule has 1 aliphatic carbocycles. The monoisotopic (exact) mass is 552 g/mol. The summed E-state index contributed by atoms with van der Waals surface area (Å²) in [5.41, 5.74) is 14.5. The van der Waals surface area contributed by atoms with E-state index in [0.29, 0.717) is 41.8 Å². The summed E-state index contributed by atoms with van der Waals surface area (Å²) in [5, 5.41) is 22.9. The number of amides is 1. The number of hydrogen-bond donors (Lipinski definition) is 5. The fourth-order valence-electron chi connectivity index (χ4n) is 4.49. The topological polar surface area (TPSA) is 185 Å². The molecule has 39 heavy (non-hydrogen) atoms. The molecular weight excluding hydrogens is 524 g/mol. The van der Waals surface area contributed by atoms with Crippen LogP contribution in [-0.4, -0.2) is 51.8 Å². The second-order valence-electron chi connectivity index (χ2n) is 9.22. The first kappa shape index (κ1) is 27.8. The Bertz CT molecular complexity index is 1390. The summed E-state index contributed by atoms with van der Waals surface area (Å²) in [7, 11) is 0. The van der Waals surface area contributed by atoms with Gasteiger partial charge in [0.2, 0.25) is 5.91 Å². The molecule has 2 aromatic carbocycles. The van der Waals surface area contributed by atoms with Crippen molar-refractivity contribution in [2.75, 3.05) is 11.9 Å². The van der Waals surface area contributed by atoms with E-state index in [2.05, 4.69) is 5.32 Å². The van der Waals surface area contributed by atoms with E-state index in [0.717, 1.165) is 22.5 Å². The number of ether oxygens (including phenoxy) is 1. The minimum absolute atomic E-state index is 0.0171. The Labute approximate surface area is 228 Å². The molecule has 0 fully saturated rings. The number of rotatable bonds is 10. The number of hydrogen-bond acceptors (Lipinski definition) is 9. The zero-order chi connectivity index (χ0) is 28.1. The standard InChI is InChI=1S/C27H28N4O7S/c28-27(29)30-20-6-3-16(4-7-20)26(37)38-21-8-5-17-10-19(2-1-18(17)11-21)24(34)31(13-23(32)33)12-15-9-22(25(35)36)39-14-15/h3-9,11,14,19,27,30H,1-2,10,12-13,28-29H2,(H,32,33)(H,35,36). The molecule has 0 saturated carbocycles. The summed E-state index contributed by atoms with van der Waals surface area (Å²) in [6.45, 7) is -0.464. The number of nitrogens with one attached hydrogen (secondary N) is 1. The van der Waals surface area contributed by atoms with Crippen LogP contribution < -0.4 is 21.5 Å². The molecule has 3 aromatic rings. The molecule has 0 radical (unpaired) electrons. The molecule has 0 bridgehead atoms. The first-order chi connectivity index (χ1) is 18.6. The average Bonchev–Trinajstić information content (AvgIpc) is 3.36. The van der Waals surface area contributed by atoms with Gasteiger partial charge in [-0.05, 0) is 83.8 Å². The van der Waals surface area contributed by atoms with Crippen LogP contribution in [0.3, 0.4) is 0 Å². The third-order valence-electron chi connectivity index (χ3n) is 6.30. The zero-order valence-electron chi connectivity index (χ0n) is 20.8. The van der Waals surface area contributed by atoms with Gasteiger partial charge < -0.3 is 25.2 Å². The number of nitrogens with zero attached hydrogens (tertiary/aromatic N) is 1. The third-order valence-corrected chi connectivity index (χ3v) is 7.26. The maximum atomic E-state index is 13.3. The van der Waals surface area contributed by atoms with E-state index in [1.165, 1.54) is 11.0 Å². The number of benzene rings is 2. The van der Waals surface area contributed by atoms with Crippen molar-refractivity contribution in [3.05, 3.63) is 81.0 Å². The van der Waals surface area contributed by atoms with Crippen molar-refractivity contribution < 1.29 is 34.1 Å². The van der Waals surface area contributed by atoms with Crippen molar-refractivity contribution in [1.29, 1.82) is 0 Å². The lowest BCUT2D eigenvalue weighted by atomic mass is 9.83. The van der Waals surface area contributed by atoms with Gasteiger partial charge in [-0.15, -0.1) is 11.3 Å². The maximum absolute atomic E-state index is 13.3. The molecule has 1 unspecified atom stereocenters. The van der Waals surface area contributed by atoms with Gasteiger partial charge in [-0.3, -0.25) is 21.1 Å². The van der Waals surface area contributed by atoms with Crippen LogP contribution >= 0.6 is 11.3 Å². The number of aromatic carboxylic acids is 1. The first-order valence-electron chi connectivity index (χ1n) is 12.1. The Morgan fingerprint density at radius 1 is 1.05 bits per heavy atom. The smallest absolute Gasteiger partial charge is 0.345 e. The van der Waals surface area contributed by atoms with Gasteiger partial charge in [0.25, 0.3) is 0 Å². The number of nitrogens with two attached hydrogens (primary N) is 2. The number of thiophene rings is 1. The van der Waals surface area contributed by atoms with Crippen LogP contribution in [0.2, 0.25) is 0 Å². The van der Waals surface area contributed by atoms with Crippen molar-refractivity contribution in [3.8, 4) is 5.75 Å². The highest BCUT2D eigenvalue weighted by Crippen LogP contribution is 2.31. The van der Waals surface area contributed by atoms with Gasteiger partial charge >= 0.3 is 17.9 Å². The second kappa shape index (κ2) is 12.1. The van der Waals surface area contributed by atoms with E-state index in [-0.39, 0.29) is 17.3 Å². The summed E-state index contributed by atoms with van der Waals surface area (Å²) in [6.07, 6.45) is 0.752. The Hall–Kier alpha value is -4.26. The largest absolute Gasteiger partial charge is 0.480 e. The van der Waals surface area contributed by atoms with Gasteiger partial charge in [0, 0.05) is 18.2 Å². The molecule has 1 amide bonds. The predicted molar refractivity (Wildman–Crippen MR) is 143 cm³/mol. The Balaban J connectivity index is 1.41. The summed E-state index contributed by atoms with van der Waals surface area (Å²) < 4.78 is 5.54. The molecule has 1 aromatic heterocycles. The number of carboxylic acids is 2. The molecule has 12 heteroatoms. The molecular formula is C27H28N4O7S. The minimum Gasteiger partial charge on any atom is -0.480 e. The number of aliphatic carboxylic acids is 1. The Morgan fingerprint density at radius 2 is 1.79 bits per heavy atom. The van der Waals surface area contributed by atoms with Gasteiger partial charge in [-0.25, -0.2) is 9.59 Å². The maximum Gasteiger partial charge on any atom is 0.345 e. The van der Waals surface area contributed by atoms with E-state index >= 15 is 0 Å². The fourth-order valence-corrected chi connectivity index (χ4v) is 5.23. The lowest BCUT2D eigenvalue weighted by Crippen LogP contribution is -2.40. The van der Waals surface area contributed by atoms with Crippen molar-refractivity contribution in [3.63, 3.8) is 0 Å². The SMILES string of the molecule is NC(N)Nc1ccc(C(=O)Oc2ccc3c(c2)CCC(C(=O)N(CC(=O)O)Cc2csc(C(=O)O)c2)C3)cc1. The molecule has 4 rings (SSSR count). The number of aryl methyl sites for hydroxylation is 1. The van der Waals surface area contributed by atoms with E-state index in [4.69, 9.17) is 21.3 Å². The lowest BCUT2D eigenvalue weighted by Gasteiger charge is -2.29. The quantitative estimate of drug-likeness (QED) is 0.142. The Kier molecular flexibility index (Phi) is 8.59. The molecule has 0 aliphatic heterocycles. The molecule has 1 aliphatic rings. The minimum atomic E-state index is -1.14. The summed E-state index contributed by atoms with van der Waals surface area (Å²) in [6, 6.07) is 13.3. The van der Waals surface area contributed by atoms with E-state index in [9.17, 15) is 24.3 Å². The van der Waals surface area contributed by atoms with Crippen LogP contribution in [0.25, 0.3) is 0 Å². The molecule has 7 N–H and O–H groups in total. The van der Waals surface area contributed by atoms with Crippen molar-refractivity contribution in [2.24, 2.45) is 17.4 Å². The number of carboxylic acid groups (broad SMARTS) is 2. The first-order valence-corrected chi connectivity index (χ1v) is 13.0. The lowest BCUT2D eigenvalue weighted by molar-refractivity contribution is -0.147. The van der Waals surface area contributed by atoms with Crippen LogP contribution in [0.15, 0.2) is 53.9 Å². The molecule has 0 spiro atoms. The number of anilines is 1. The summed E-state index contributed by atoms with van der Waals surface area (Å²) in [4.78, 5) is 49.9. The number of carbonyl (C=O) groups is 4. The van der Waals surface area contributed by atoms with Gasteiger partial charge in [0.05, 0.1) is 5.56 Å². The molecule has 0 saturated heterocycles. The second-order valence-corrected chi connectivity index (χ2v) is 10.1. The molecule has 1 heterocycles. The van der Waals surface area contributed by atoms with Gasteiger partial charge in [0.15, 0.2) is 0 Å². The summed E-state index contributed by atoms with van der Waals surface area (Å²) in [5.74, 6) is -3.07. The van der Waals surface area contributed by atoms with Crippen LogP contribution in [-0.2, 0) is 29.0 Å². The number of fused-ring (bicyclic) bond motifs is 1. The van der Waals surface area contributed by atoms with E-state index < -0.39 is 36.7 Å². The van der Waals surface area contributed by atoms with E-state index in [1.54, 1.807) is 41.8 Å².